The van der Waals surface area contributed by atoms with Crippen LogP contribution in [0.4, 0.5) is 0 Å². The Morgan fingerprint density at radius 2 is 0.544 bits per heavy atom. The van der Waals surface area contributed by atoms with E-state index in [4.69, 9.17) is 0 Å². The van der Waals surface area contributed by atoms with Crippen LogP contribution >= 0.6 is 0 Å². The van der Waals surface area contributed by atoms with Gasteiger partial charge >= 0.3 is 0 Å². The number of carbonyl (C=O) groups excluding carboxylic acids is 3. The van der Waals surface area contributed by atoms with Gasteiger partial charge < -0.3 is 16.0 Å². The van der Waals surface area contributed by atoms with Gasteiger partial charge in [0.25, 0.3) is 0 Å². The molecule has 0 aromatic rings. The van der Waals surface area contributed by atoms with Crippen molar-refractivity contribution in [2.75, 3.05) is 19.6 Å². The first kappa shape index (κ1) is 53.2. The minimum Gasteiger partial charge on any atom is -0.356 e. The fourth-order valence-electron chi connectivity index (χ4n) is 8.63. The Kier molecular flexibility index (Phi) is 38.2. The summed E-state index contributed by atoms with van der Waals surface area (Å²) < 4.78 is 0. The Balaban J connectivity index is 2.39. The summed E-state index contributed by atoms with van der Waals surface area (Å²) in [4.78, 5) is 40.2. The molecule has 57 heavy (non-hydrogen) atoms. The summed E-state index contributed by atoms with van der Waals surface area (Å²) in [5.41, 5.74) is 0. The highest BCUT2D eigenvalue weighted by molar-refractivity contribution is 5.85. The molecule has 1 fully saturated rings. The van der Waals surface area contributed by atoms with E-state index in [0.29, 0.717) is 38.9 Å². The molecule has 3 amide bonds. The first-order valence-corrected chi connectivity index (χ1v) is 25.5. The third kappa shape index (κ3) is 32.7. The zero-order valence-corrected chi connectivity index (χ0v) is 38.4. The van der Waals surface area contributed by atoms with Crippen LogP contribution in [-0.2, 0) is 14.4 Å². The lowest BCUT2D eigenvalue weighted by atomic mass is 9.74. The van der Waals surface area contributed by atoms with E-state index in [-0.39, 0.29) is 35.5 Å². The smallest absolute Gasteiger partial charge is 0.223 e. The minimum atomic E-state index is -0.283. The normalized spacial score (nSPS) is 16.9. The summed E-state index contributed by atoms with van der Waals surface area (Å²) in [6.07, 6.45) is 49.6. The quantitative estimate of drug-likeness (QED) is 0.0425. The van der Waals surface area contributed by atoms with Crippen molar-refractivity contribution >= 4 is 17.7 Å². The summed E-state index contributed by atoms with van der Waals surface area (Å²) >= 11 is 0. The molecule has 6 nitrogen and oxygen atoms in total. The first-order chi connectivity index (χ1) is 28.0. The molecule has 1 aliphatic rings. The second kappa shape index (κ2) is 40.9. The van der Waals surface area contributed by atoms with Crippen molar-refractivity contribution in [3.8, 4) is 0 Å². The molecule has 0 spiro atoms. The van der Waals surface area contributed by atoms with E-state index >= 15 is 0 Å². The van der Waals surface area contributed by atoms with Gasteiger partial charge in [-0.3, -0.25) is 14.4 Å². The molecule has 0 radical (unpaired) electrons. The molecule has 6 heteroatoms. The van der Waals surface area contributed by atoms with Crippen molar-refractivity contribution in [2.24, 2.45) is 17.8 Å². The van der Waals surface area contributed by atoms with E-state index in [0.717, 1.165) is 38.5 Å². The van der Waals surface area contributed by atoms with Crippen molar-refractivity contribution in [1.82, 2.24) is 16.0 Å². The molecule has 1 aliphatic carbocycles. The Morgan fingerprint density at radius 3 is 0.789 bits per heavy atom. The highest BCUT2D eigenvalue weighted by Gasteiger charge is 2.38. The van der Waals surface area contributed by atoms with Gasteiger partial charge in [0.2, 0.25) is 17.7 Å². The van der Waals surface area contributed by atoms with Crippen LogP contribution in [0.5, 0.6) is 0 Å². The highest BCUT2D eigenvalue weighted by atomic mass is 16.2. The number of nitrogens with one attached hydrogen (secondary N) is 3. The second-order valence-electron chi connectivity index (χ2n) is 18.0. The van der Waals surface area contributed by atoms with E-state index < -0.39 is 0 Å². The lowest BCUT2D eigenvalue weighted by Gasteiger charge is -2.33. The van der Waals surface area contributed by atoms with E-state index in [2.05, 4.69) is 48.9 Å². The third-order valence-corrected chi connectivity index (χ3v) is 12.5. The second-order valence-corrected chi connectivity index (χ2v) is 18.0. The van der Waals surface area contributed by atoms with Gasteiger partial charge in [0, 0.05) is 37.4 Å². The molecule has 0 saturated heterocycles. The maximum absolute atomic E-state index is 13.4. The van der Waals surface area contributed by atoms with Crippen LogP contribution in [-0.4, -0.2) is 37.4 Å². The summed E-state index contributed by atoms with van der Waals surface area (Å²) in [6, 6.07) is 0. The molecule has 3 atom stereocenters. The van der Waals surface area contributed by atoms with Gasteiger partial charge in [-0.1, -0.05) is 206 Å². The lowest BCUT2D eigenvalue weighted by Crippen LogP contribution is -2.45. The summed E-state index contributed by atoms with van der Waals surface area (Å²) in [7, 11) is 0. The number of carbonyl (C=O) groups is 3. The maximum Gasteiger partial charge on any atom is 0.223 e. The summed E-state index contributed by atoms with van der Waals surface area (Å²) in [5, 5.41) is 9.56. The number of allylic oxidation sites excluding steroid dienone is 2. The minimum absolute atomic E-state index is 0.0300. The maximum atomic E-state index is 13.4. The van der Waals surface area contributed by atoms with Crippen LogP contribution in [0.15, 0.2) is 12.2 Å². The predicted octanol–water partition coefficient (Wildman–Crippen LogP) is 14.2. The number of rotatable bonds is 41. The molecule has 1 rings (SSSR count). The van der Waals surface area contributed by atoms with Crippen LogP contribution in [0.1, 0.15) is 258 Å². The van der Waals surface area contributed by atoms with Crippen LogP contribution in [0.2, 0.25) is 0 Å². The summed E-state index contributed by atoms with van der Waals surface area (Å²) in [5.74, 6) is -0.753. The van der Waals surface area contributed by atoms with Crippen LogP contribution in [0.3, 0.4) is 0 Å². The molecule has 3 N–H and O–H groups in total. The molecule has 334 valence electrons. The van der Waals surface area contributed by atoms with Gasteiger partial charge in [-0.05, 0) is 64.2 Å². The van der Waals surface area contributed by atoms with E-state index in [1.807, 2.05) is 0 Å². The monoisotopic (exact) mass is 800 g/mol. The van der Waals surface area contributed by atoms with Crippen molar-refractivity contribution in [3.05, 3.63) is 12.2 Å². The van der Waals surface area contributed by atoms with Gasteiger partial charge in [0.1, 0.15) is 0 Å². The van der Waals surface area contributed by atoms with Gasteiger partial charge in [-0.25, -0.2) is 0 Å². The molecule has 0 aliphatic heterocycles. The lowest BCUT2D eigenvalue weighted by molar-refractivity contribution is -0.134. The molecule has 1 unspecified atom stereocenters. The van der Waals surface area contributed by atoms with Crippen LogP contribution < -0.4 is 16.0 Å². The Labute approximate surface area is 354 Å². The van der Waals surface area contributed by atoms with Gasteiger partial charge in [-0.15, -0.1) is 0 Å². The molecule has 0 bridgehead atoms. The first-order valence-electron chi connectivity index (χ1n) is 25.5. The van der Waals surface area contributed by atoms with Crippen molar-refractivity contribution in [2.45, 2.75) is 258 Å². The third-order valence-electron chi connectivity index (χ3n) is 12.5. The SMILES string of the molecule is CCCCCCCC/C=C\CCCCCCCCNC(=O)C1C[C@@H](C(=O)NCCCCCCCCCCCC)C[C@@H](C(=O)NCCCCCCCCCCCC)C1. The molecule has 0 aromatic heterocycles. The van der Waals surface area contributed by atoms with Gasteiger partial charge in [-0.2, -0.15) is 0 Å². The predicted molar refractivity (Wildman–Crippen MR) is 246 cm³/mol. The average Bonchev–Trinajstić information content (AvgIpc) is 3.22. The summed E-state index contributed by atoms with van der Waals surface area (Å²) in [6.45, 7) is 8.86. The zero-order valence-electron chi connectivity index (χ0n) is 38.4. The molecular formula is C51H97N3O3. The molecular weight excluding hydrogens is 703 g/mol. The van der Waals surface area contributed by atoms with E-state index in [1.54, 1.807) is 0 Å². The van der Waals surface area contributed by atoms with Crippen LogP contribution in [0.25, 0.3) is 0 Å². The van der Waals surface area contributed by atoms with E-state index in [9.17, 15) is 14.4 Å². The largest absolute Gasteiger partial charge is 0.356 e. The molecule has 0 aromatic carbocycles. The fraction of sp³-hybridized carbons (Fsp3) is 0.902. The Bertz CT molecular complexity index is 906. The van der Waals surface area contributed by atoms with Crippen molar-refractivity contribution in [3.63, 3.8) is 0 Å². The van der Waals surface area contributed by atoms with E-state index in [1.165, 1.54) is 180 Å². The highest BCUT2D eigenvalue weighted by Crippen LogP contribution is 2.34. The number of unbranched alkanes of at least 4 members (excludes halogenated alkanes) is 30. The Morgan fingerprint density at radius 1 is 0.333 bits per heavy atom. The zero-order chi connectivity index (χ0) is 41.3. The molecule has 0 heterocycles. The fourth-order valence-corrected chi connectivity index (χ4v) is 8.63. The Hall–Kier alpha value is -1.85. The van der Waals surface area contributed by atoms with Crippen LogP contribution in [0, 0.1) is 17.8 Å². The standard InChI is InChI=1S/C51H97N3O3/c1-4-7-10-13-16-19-22-23-24-25-26-27-30-33-36-39-42-54-51(57)48-44-46(49(55)52-40-37-34-31-28-20-17-14-11-8-5-2)43-47(45-48)50(56)53-41-38-35-32-29-21-18-15-12-9-6-3/h23-24,46-48H,4-22,25-45H2,1-3H3,(H,52,55)(H,53,56)(H,54,57)/b24-23-/t46-,47+,48?. The van der Waals surface area contributed by atoms with Gasteiger partial charge in [0.05, 0.1) is 0 Å². The topological polar surface area (TPSA) is 87.3 Å². The molecule has 1 saturated carbocycles. The van der Waals surface area contributed by atoms with Crippen molar-refractivity contribution in [1.29, 1.82) is 0 Å². The van der Waals surface area contributed by atoms with Gasteiger partial charge in [0.15, 0.2) is 0 Å². The van der Waals surface area contributed by atoms with Crippen molar-refractivity contribution < 1.29 is 14.4 Å². The number of hydrogen-bond acceptors (Lipinski definition) is 3. The average molecular weight is 800 g/mol. The number of hydrogen-bond donors (Lipinski definition) is 3. The number of amides is 3.